The number of carbonyl (C=O) groups excluding carboxylic acids is 1. The topological polar surface area (TPSA) is 142 Å². The predicted octanol–water partition coefficient (Wildman–Crippen LogP) is 4.57. The van der Waals surface area contributed by atoms with E-state index in [0.717, 1.165) is 42.7 Å². The molecular weight excluding hydrogens is 556 g/mol. The molecule has 0 aliphatic carbocycles. The minimum absolute atomic E-state index is 0.174. The molecule has 0 radical (unpaired) electrons. The van der Waals surface area contributed by atoms with E-state index in [0.29, 0.717) is 33.9 Å². The van der Waals surface area contributed by atoms with Crippen LogP contribution in [0.1, 0.15) is 43.1 Å². The normalized spacial score (nSPS) is 14.8. The van der Waals surface area contributed by atoms with Gasteiger partial charge in [-0.05, 0) is 55.3 Å². The van der Waals surface area contributed by atoms with Crippen LogP contribution >= 0.6 is 0 Å². The zero-order valence-electron chi connectivity index (χ0n) is 24.9. The molecule has 7 rings (SSSR count). The van der Waals surface area contributed by atoms with Crippen molar-refractivity contribution >= 4 is 45.2 Å². The molecule has 0 saturated carbocycles. The van der Waals surface area contributed by atoms with Crippen molar-refractivity contribution < 1.29 is 4.79 Å². The fourth-order valence-electron chi connectivity index (χ4n) is 5.63. The Balaban J connectivity index is 0.00000168. The van der Waals surface area contributed by atoms with Gasteiger partial charge in [0.25, 0.3) is 11.5 Å². The minimum atomic E-state index is -0.471. The molecule has 1 unspecified atom stereocenters. The molecule has 1 atom stereocenters. The van der Waals surface area contributed by atoms with Gasteiger partial charge in [-0.2, -0.15) is 10.1 Å². The molecule has 6 aromatic rings. The number of carbonyl (C=O) groups is 1. The van der Waals surface area contributed by atoms with E-state index in [1.54, 1.807) is 30.2 Å². The molecule has 44 heavy (non-hydrogen) atoms. The monoisotopic (exact) mass is 590 g/mol. The first kappa shape index (κ1) is 28.6. The second-order valence-electron chi connectivity index (χ2n) is 10.4. The smallest absolute Gasteiger partial charge is 0.277 e. The van der Waals surface area contributed by atoms with Crippen LogP contribution in [0.15, 0.2) is 84.0 Å². The zero-order chi connectivity index (χ0) is 30.8. The number of benzene rings is 2. The van der Waals surface area contributed by atoms with E-state index >= 15 is 0 Å². The summed E-state index contributed by atoms with van der Waals surface area (Å²) in [6.45, 7) is 5.74. The Morgan fingerprint density at radius 3 is 2.59 bits per heavy atom. The van der Waals surface area contributed by atoms with Crippen LogP contribution in [0.25, 0.3) is 27.8 Å². The molecule has 12 nitrogen and oxygen atoms in total. The van der Waals surface area contributed by atoms with Crippen LogP contribution in [0.3, 0.4) is 0 Å². The van der Waals surface area contributed by atoms with E-state index in [9.17, 15) is 9.59 Å². The number of piperidine rings is 1. The summed E-state index contributed by atoms with van der Waals surface area (Å²) in [6, 6.07) is 19.3. The maximum Gasteiger partial charge on any atom is 0.277 e. The summed E-state index contributed by atoms with van der Waals surface area (Å²) >= 11 is 0. The Kier molecular flexibility index (Phi) is 7.80. The zero-order valence-corrected chi connectivity index (χ0v) is 24.9. The van der Waals surface area contributed by atoms with Crippen LogP contribution in [-0.4, -0.2) is 53.1 Å². The van der Waals surface area contributed by atoms with Crippen LogP contribution < -0.4 is 21.5 Å². The second-order valence-corrected chi connectivity index (χ2v) is 10.4. The van der Waals surface area contributed by atoms with Gasteiger partial charge in [-0.15, -0.1) is 0 Å². The lowest BCUT2D eigenvalue weighted by Gasteiger charge is -2.34. The number of hydrogen-bond acceptors (Lipinski definition) is 8. The van der Waals surface area contributed by atoms with E-state index in [4.69, 9.17) is 10.8 Å². The fraction of sp³-hybridized carbons (Fsp3) is 0.250. The largest absolute Gasteiger partial charge is 0.369 e. The van der Waals surface area contributed by atoms with E-state index in [-0.39, 0.29) is 11.6 Å². The van der Waals surface area contributed by atoms with Gasteiger partial charge in [0, 0.05) is 55.5 Å². The van der Waals surface area contributed by atoms with Crippen molar-refractivity contribution in [2.24, 2.45) is 12.8 Å². The van der Waals surface area contributed by atoms with Crippen LogP contribution in [0.4, 0.5) is 17.3 Å². The summed E-state index contributed by atoms with van der Waals surface area (Å²) in [5.41, 5.74) is 8.86. The lowest BCUT2D eigenvalue weighted by molar-refractivity contribution is 0.100. The van der Waals surface area contributed by atoms with E-state index in [1.807, 2.05) is 67.2 Å². The van der Waals surface area contributed by atoms with Crippen molar-refractivity contribution in [2.45, 2.75) is 32.7 Å². The summed E-state index contributed by atoms with van der Waals surface area (Å²) in [7, 11) is 1.68. The summed E-state index contributed by atoms with van der Waals surface area (Å²) in [6.07, 6.45) is 7.24. The Labute approximate surface area is 253 Å². The number of fused-ring (bicyclic) bond motifs is 2. The standard InChI is InChI=1S/C30H28N10O2.C2H6/c1-37-29(42)24-16-33-30(35-28(24)40(37)25-9-2-3-14-32-25)34-20-10-12-21(13-11-20)38-15-5-7-22(18-38)39-17-19-6-4-8-23(27(31)41)26(19)36-39;1-2/h2-4,6,8-14,16-17,22H,5,7,15,18H2,1H3,(H2,31,41)(H,33,34,35);1-2H3. The highest BCUT2D eigenvalue weighted by Gasteiger charge is 2.23. The third-order valence-corrected chi connectivity index (χ3v) is 7.74. The molecule has 12 heteroatoms. The molecule has 1 aliphatic heterocycles. The first-order valence-electron chi connectivity index (χ1n) is 14.7. The number of anilines is 3. The number of pyridine rings is 1. The molecule has 1 fully saturated rings. The summed E-state index contributed by atoms with van der Waals surface area (Å²) in [5.74, 6) is 0.503. The number of aromatic nitrogens is 7. The highest BCUT2D eigenvalue weighted by Crippen LogP contribution is 2.29. The lowest BCUT2D eigenvalue weighted by atomic mass is 10.0. The highest BCUT2D eigenvalue weighted by molar-refractivity contribution is 6.04. The molecule has 3 N–H and O–H groups in total. The maximum absolute atomic E-state index is 12.8. The third-order valence-electron chi connectivity index (χ3n) is 7.74. The molecule has 5 heterocycles. The average Bonchev–Trinajstić information content (AvgIpc) is 3.61. The van der Waals surface area contributed by atoms with Crippen molar-refractivity contribution in [3.63, 3.8) is 0 Å². The molecule has 224 valence electrons. The minimum Gasteiger partial charge on any atom is -0.369 e. The molecule has 2 aromatic carbocycles. The quantitative estimate of drug-likeness (QED) is 0.287. The van der Waals surface area contributed by atoms with Crippen LogP contribution in [-0.2, 0) is 7.05 Å². The first-order chi connectivity index (χ1) is 21.5. The van der Waals surface area contributed by atoms with Gasteiger partial charge in [0.1, 0.15) is 10.9 Å². The second kappa shape index (κ2) is 12.0. The van der Waals surface area contributed by atoms with Gasteiger partial charge in [0.15, 0.2) is 11.5 Å². The van der Waals surface area contributed by atoms with Crippen LogP contribution in [0, 0.1) is 0 Å². The Morgan fingerprint density at radius 2 is 1.84 bits per heavy atom. The maximum atomic E-state index is 12.8. The van der Waals surface area contributed by atoms with Crippen LogP contribution in [0.5, 0.6) is 0 Å². The Hall–Kier alpha value is -5.52. The number of nitrogens with zero attached hydrogens (tertiary/aromatic N) is 8. The SMILES string of the molecule is CC.Cn1c(=O)c2cnc(Nc3ccc(N4CCCC(n5cc6cccc(C(N)=O)c6n5)C4)cc3)nc2n1-c1ccccn1. The molecule has 0 spiro atoms. The predicted molar refractivity (Wildman–Crippen MR) is 172 cm³/mol. The molecule has 1 saturated heterocycles. The number of amides is 1. The van der Waals surface area contributed by atoms with Gasteiger partial charge in [-0.25, -0.2) is 19.3 Å². The molecule has 1 amide bonds. The van der Waals surface area contributed by atoms with Crippen molar-refractivity contribution in [2.75, 3.05) is 23.3 Å². The number of hydrogen-bond donors (Lipinski definition) is 2. The van der Waals surface area contributed by atoms with E-state index in [2.05, 4.69) is 37.3 Å². The van der Waals surface area contributed by atoms with Gasteiger partial charge in [-0.3, -0.25) is 14.3 Å². The summed E-state index contributed by atoms with van der Waals surface area (Å²) in [5, 5.41) is 9.32. The number of primary amides is 1. The molecular formula is C32H34N10O2. The Morgan fingerprint density at radius 1 is 1.02 bits per heavy atom. The fourth-order valence-corrected chi connectivity index (χ4v) is 5.63. The Bertz CT molecular complexity index is 1990. The number of rotatable bonds is 6. The van der Waals surface area contributed by atoms with Gasteiger partial charge in [-0.1, -0.05) is 32.0 Å². The van der Waals surface area contributed by atoms with E-state index in [1.165, 1.54) is 4.68 Å². The number of nitrogens with two attached hydrogens (primary N) is 1. The van der Waals surface area contributed by atoms with Gasteiger partial charge in [0.2, 0.25) is 5.95 Å². The van der Waals surface area contributed by atoms with Crippen molar-refractivity contribution in [3.05, 3.63) is 95.2 Å². The van der Waals surface area contributed by atoms with Crippen LogP contribution in [0.2, 0.25) is 0 Å². The average molecular weight is 591 g/mol. The first-order valence-corrected chi connectivity index (χ1v) is 14.7. The number of nitrogens with one attached hydrogen (secondary N) is 1. The molecule has 1 aliphatic rings. The lowest BCUT2D eigenvalue weighted by Crippen LogP contribution is -2.36. The summed E-state index contributed by atoms with van der Waals surface area (Å²) in [4.78, 5) is 40.4. The van der Waals surface area contributed by atoms with Crippen molar-refractivity contribution in [1.82, 2.24) is 34.1 Å². The van der Waals surface area contributed by atoms with Gasteiger partial charge >= 0.3 is 0 Å². The molecule has 4 aromatic heterocycles. The molecule has 0 bridgehead atoms. The highest BCUT2D eigenvalue weighted by atomic mass is 16.1. The van der Waals surface area contributed by atoms with E-state index < -0.39 is 5.91 Å². The summed E-state index contributed by atoms with van der Waals surface area (Å²) < 4.78 is 5.13. The third kappa shape index (κ3) is 5.26. The van der Waals surface area contributed by atoms with Gasteiger partial charge in [0.05, 0.1) is 11.6 Å². The van der Waals surface area contributed by atoms with Gasteiger partial charge < -0.3 is 16.0 Å². The van der Waals surface area contributed by atoms with Crippen molar-refractivity contribution in [1.29, 1.82) is 0 Å². The van der Waals surface area contributed by atoms with Crippen molar-refractivity contribution in [3.8, 4) is 5.82 Å².